The zero-order chi connectivity index (χ0) is 13.7. The van der Waals surface area contributed by atoms with E-state index < -0.39 is 0 Å². The molecule has 0 saturated carbocycles. The second-order valence-corrected chi connectivity index (χ2v) is 4.89. The van der Waals surface area contributed by atoms with Crippen molar-refractivity contribution in [3.63, 3.8) is 0 Å². The Bertz CT molecular complexity index is 469. The van der Waals surface area contributed by atoms with Gasteiger partial charge in [0.25, 0.3) is 0 Å². The van der Waals surface area contributed by atoms with E-state index in [4.69, 9.17) is 9.47 Å². The minimum Gasteiger partial charge on any atom is -0.454 e. The number of rotatable bonds is 4. The van der Waals surface area contributed by atoms with Crippen LogP contribution in [0.15, 0.2) is 21.6 Å². The van der Waals surface area contributed by atoms with E-state index in [2.05, 4.69) is 31.6 Å². The molecular weight excluding hydrogens is 310 g/mol. The summed E-state index contributed by atoms with van der Waals surface area (Å²) in [5.41, 5.74) is 1.07. The van der Waals surface area contributed by atoms with E-state index in [1.54, 1.807) is 0 Å². The van der Waals surface area contributed by atoms with Crippen molar-refractivity contribution in [3.05, 3.63) is 22.2 Å². The first-order valence-corrected chi connectivity index (χ1v) is 7.14. The zero-order valence-corrected chi connectivity index (χ0v) is 12.7. The summed E-state index contributed by atoms with van der Waals surface area (Å²) in [6.45, 7) is 6.65. The fraction of sp³-hybridized carbons (Fsp3) is 0.462. The molecule has 0 spiro atoms. The van der Waals surface area contributed by atoms with Crippen LogP contribution in [-0.4, -0.2) is 25.8 Å². The van der Waals surface area contributed by atoms with Gasteiger partial charge in [-0.25, -0.2) is 4.99 Å². The van der Waals surface area contributed by atoms with Crippen LogP contribution in [0.3, 0.4) is 0 Å². The Hall–Kier alpha value is -1.43. The highest BCUT2D eigenvalue weighted by Crippen LogP contribution is 2.40. The number of aliphatic imine (C=N–C) groups is 1. The molecule has 1 aliphatic heterocycles. The van der Waals surface area contributed by atoms with Crippen molar-refractivity contribution in [2.45, 2.75) is 20.4 Å². The third-order valence-corrected chi connectivity index (χ3v) is 3.18. The van der Waals surface area contributed by atoms with Crippen molar-refractivity contribution in [1.29, 1.82) is 0 Å². The average Bonchev–Trinajstić information content (AvgIpc) is 2.85. The number of fused-ring (bicyclic) bond motifs is 1. The lowest BCUT2D eigenvalue weighted by molar-refractivity contribution is 0.173. The third kappa shape index (κ3) is 3.53. The molecule has 0 fully saturated rings. The molecule has 1 aromatic carbocycles. The van der Waals surface area contributed by atoms with Crippen LogP contribution >= 0.6 is 15.9 Å². The van der Waals surface area contributed by atoms with Crippen LogP contribution in [0.4, 0.5) is 0 Å². The maximum absolute atomic E-state index is 5.39. The first-order chi connectivity index (χ1) is 9.24. The fourth-order valence-electron chi connectivity index (χ4n) is 1.79. The van der Waals surface area contributed by atoms with E-state index in [0.29, 0.717) is 6.54 Å². The normalized spacial score (nSPS) is 12.2. The second-order valence-electron chi connectivity index (χ2n) is 4.04. The van der Waals surface area contributed by atoms with Crippen molar-refractivity contribution in [2.24, 2.45) is 4.99 Å². The van der Waals surface area contributed by atoms with Crippen LogP contribution in [0.1, 0.15) is 19.4 Å². The maximum Gasteiger partial charge on any atom is 0.231 e. The summed E-state index contributed by atoms with van der Waals surface area (Å²) in [6, 6.07) is 3.97. The molecule has 0 saturated heterocycles. The minimum absolute atomic E-state index is 0.278. The number of hydrogen-bond donors (Lipinski definition) is 2. The van der Waals surface area contributed by atoms with Gasteiger partial charge in [-0.3, -0.25) is 0 Å². The molecule has 2 N–H and O–H groups in total. The Balaban J connectivity index is 2.10. The lowest BCUT2D eigenvalue weighted by Crippen LogP contribution is -2.36. The maximum atomic E-state index is 5.39. The second kappa shape index (κ2) is 6.65. The Labute approximate surface area is 121 Å². The number of halogens is 1. The Morgan fingerprint density at radius 3 is 2.68 bits per heavy atom. The molecule has 0 radical (unpaired) electrons. The highest BCUT2D eigenvalue weighted by Gasteiger charge is 2.17. The smallest absolute Gasteiger partial charge is 0.231 e. The molecule has 0 aromatic heterocycles. The molecule has 0 unspecified atom stereocenters. The number of guanidine groups is 1. The molecule has 0 bridgehead atoms. The van der Waals surface area contributed by atoms with E-state index in [1.807, 2.05) is 26.0 Å². The number of nitrogens with zero attached hydrogens (tertiary/aromatic N) is 1. The molecule has 19 heavy (non-hydrogen) atoms. The molecule has 0 aliphatic carbocycles. The van der Waals surface area contributed by atoms with Gasteiger partial charge in [-0.15, -0.1) is 0 Å². The van der Waals surface area contributed by atoms with Crippen LogP contribution in [0.25, 0.3) is 0 Å². The van der Waals surface area contributed by atoms with Crippen molar-refractivity contribution in [1.82, 2.24) is 10.6 Å². The van der Waals surface area contributed by atoms with Gasteiger partial charge in [-0.05, 0) is 47.5 Å². The van der Waals surface area contributed by atoms with E-state index in [9.17, 15) is 0 Å². The number of benzene rings is 1. The van der Waals surface area contributed by atoms with Crippen LogP contribution in [-0.2, 0) is 6.54 Å². The van der Waals surface area contributed by atoms with Gasteiger partial charge in [-0.1, -0.05) is 0 Å². The monoisotopic (exact) mass is 327 g/mol. The summed E-state index contributed by atoms with van der Waals surface area (Å²) in [7, 11) is 0. The first-order valence-electron chi connectivity index (χ1n) is 6.34. The summed E-state index contributed by atoms with van der Waals surface area (Å²) >= 11 is 3.48. The lowest BCUT2D eigenvalue weighted by Gasteiger charge is -2.09. The quantitative estimate of drug-likeness (QED) is 0.658. The Morgan fingerprint density at radius 2 is 2.00 bits per heavy atom. The van der Waals surface area contributed by atoms with Gasteiger partial charge in [0.1, 0.15) is 0 Å². The fourth-order valence-corrected chi connectivity index (χ4v) is 2.40. The van der Waals surface area contributed by atoms with E-state index in [0.717, 1.165) is 40.6 Å². The number of hydrogen-bond acceptors (Lipinski definition) is 3. The van der Waals surface area contributed by atoms with Gasteiger partial charge in [0.2, 0.25) is 6.79 Å². The SMILES string of the molecule is CCNC(=NCc1cc(Br)c2c(c1)OCO2)NCC. The molecule has 1 aliphatic rings. The van der Waals surface area contributed by atoms with E-state index in [1.165, 1.54) is 0 Å². The van der Waals surface area contributed by atoms with Crippen molar-refractivity contribution >= 4 is 21.9 Å². The van der Waals surface area contributed by atoms with Gasteiger partial charge < -0.3 is 20.1 Å². The highest BCUT2D eigenvalue weighted by molar-refractivity contribution is 9.10. The lowest BCUT2D eigenvalue weighted by atomic mass is 10.2. The van der Waals surface area contributed by atoms with Gasteiger partial charge in [-0.2, -0.15) is 0 Å². The predicted molar refractivity (Wildman–Crippen MR) is 78.8 cm³/mol. The summed E-state index contributed by atoms with van der Waals surface area (Å²) in [5, 5.41) is 6.38. The van der Waals surface area contributed by atoms with Crippen LogP contribution in [0.5, 0.6) is 11.5 Å². The van der Waals surface area contributed by atoms with E-state index in [-0.39, 0.29) is 6.79 Å². The molecule has 0 atom stereocenters. The van der Waals surface area contributed by atoms with Crippen molar-refractivity contribution in [2.75, 3.05) is 19.9 Å². The van der Waals surface area contributed by atoms with Crippen LogP contribution < -0.4 is 20.1 Å². The Kier molecular flexibility index (Phi) is 4.90. The summed E-state index contributed by atoms with van der Waals surface area (Å²) in [6.07, 6.45) is 0. The average molecular weight is 328 g/mol. The predicted octanol–water partition coefficient (Wildman–Crippen LogP) is 2.25. The number of ether oxygens (including phenoxy) is 2. The summed E-state index contributed by atoms with van der Waals surface area (Å²) in [5.74, 6) is 2.36. The minimum atomic E-state index is 0.278. The van der Waals surface area contributed by atoms with Gasteiger partial charge in [0, 0.05) is 13.1 Å². The van der Waals surface area contributed by atoms with E-state index >= 15 is 0 Å². The van der Waals surface area contributed by atoms with Crippen LogP contribution in [0, 0.1) is 0 Å². The molecule has 6 heteroatoms. The molecule has 5 nitrogen and oxygen atoms in total. The van der Waals surface area contributed by atoms with Gasteiger partial charge in [0.15, 0.2) is 17.5 Å². The summed E-state index contributed by atoms with van der Waals surface area (Å²) in [4.78, 5) is 4.52. The molecule has 1 heterocycles. The van der Waals surface area contributed by atoms with Crippen molar-refractivity contribution < 1.29 is 9.47 Å². The topological polar surface area (TPSA) is 54.9 Å². The Morgan fingerprint density at radius 1 is 1.26 bits per heavy atom. The molecule has 2 rings (SSSR count). The molecule has 1 aromatic rings. The van der Waals surface area contributed by atoms with Crippen molar-refractivity contribution in [3.8, 4) is 11.5 Å². The van der Waals surface area contributed by atoms with Crippen LogP contribution in [0.2, 0.25) is 0 Å². The first kappa shape index (κ1) is 14.0. The summed E-state index contributed by atoms with van der Waals surface area (Å²) < 4.78 is 11.7. The highest BCUT2D eigenvalue weighted by atomic mass is 79.9. The molecule has 0 amide bonds. The van der Waals surface area contributed by atoms with Gasteiger partial charge in [0.05, 0.1) is 11.0 Å². The van der Waals surface area contributed by atoms with Gasteiger partial charge >= 0.3 is 0 Å². The zero-order valence-electron chi connectivity index (χ0n) is 11.1. The number of nitrogens with one attached hydrogen (secondary N) is 2. The molecular formula is C13H18BrN3O2. The standard InChI is InChI=1S/C13H18BrN3O2/c1-3-15-13(16-4-2)17-7-9-5-10(14)12-11(6-9)18-8-19-12/h5-6H,3-4,7-8H2,1-2H3,(H2,15,16,17). The third-order valence-electron chi connectivity index (χ3n) is 2.60. The molecule has 104 valence electrons. The largest absolute Gasteiger partial charge is 0.454 e.